The summed E-state index contributed by atoms with van der Waals surface area (Å²) in [6, 6.07) is 12.4. The van der Waals surface area contributed by atoms with Gasteiger partial charge in [0.1, 0.15) is 0 Å². The topological polar surface area (TPSA) is 38.0 Å². The number of halogens is 3. The molecule has 0 aromatic heterocycles. The summed E-state index contributed by atoms with van der Waals surface area (Å²) < 4.78 is 38.4. The van der Waals surface area contributed by atoms with Crippen molar-refractivity contribution in [2.45, 2.75) is 12.7 Å². The third-order valence-corrected chi connectivity index (χ3v) is 2.69. The van der Waals surface area contributed by atoms with Crippen molar-refractivity contribution in [1.82, 2.24) is 0 Å². The molecule has 0 aliphatic heterocycles. The Labute approximate surface area is 109 Å². The number of hydrogen-bond donors (Lipinski definition) is 2. The van der Waals surface area contributed by atoms with E-state index < -0.39 is 11.7 Å². The Hall–Kier alpha value is -2.17. The number of rotatable bonds is 3. The number of nitrogen functional groups attached to an aromatic ring is 1. The van der Waals surface area contributed by atoms with Crippen LogP contribution in [0, 0.1) is 0 Å². The summed E-state index contributed by atoms with van der Waals surface area (Å²) in [7, 11) is 0. The Morgan fingerprint density at radius 2 is 1.74 bits per heavy atom. The molecular weight excluding hydrogens is 253 g/mol. The summed E-state index contributed by atoms with van der Waals surface area (Å²) in [5.74, 6) is 0. The Kier molecular flexibility index (Phi) is 3.64. The van der Waals surface area contributed by atoms with E-state index in [0.29, 0.717) is 11.4 Å². The molecule has 5 heteroatoms. The van der Waals surface area contributed by atoms with E-state index in [-0.39, 0.29) is 12.1 Å². The Balaban J connectivity index is 2.16. The van der Waals surface area contributed by atoms with E-state index in [4.69, 9.17) is 5.73 Å². The average molecular weight is 266 g/mol. The molecule has 0 atom stereocenters. The van der Waals surface area contributed by atoms with Crippen molar-refractivity contribution in [3.63, 3.8) is 0 Å². The molecular formula is C14H13F3N2. The van der Waals surface area contributed by atoms with Crippen molar-refractivity contribution in [3.05, 3.63) is 59.7 Å². The highest BCUT2D eigenvalue weighted by molar-refractivity contribution is 5.54. The van der Waals surface area contributed by atoms with Crippen molar-refractivity contribution in [2.75, 3.05) is 11.1 Å². The summed E-state index contributed by atoms with van der Waals surface area (Å²) in [4.78, 5) is 0. The summed E-state index contributed by atoms with van der Waals surface area (Å²) in [6.45, 7) is 0.0964. The second-order valence-corrected chi connectivity index (χ2v) is 4.13. The molecule has 19 heavy (non-hydrogen) atoms. The van der Waals surface area contributed by atoms with Gasteiger partial charge in [0.25, 0.3) is 0 Å². The van der Waals surface area contributed by atoms with Gasteiger partial charge in [-0.3, -0.25) is 0 Å². The Morgan fingerprint density at radius 3 is 2.42 bits per heavy atom. The molecule has 0 saturated heterocycles. The van der Waals surface area contributed by atoms with Crippen molar-refractivity contribution < 1.29 is 13.2 Å². The van der Waals surface area contributed by atoms with E-state index in [1.807, 2.05) is 0 Å². The summed E-state index contributed by atoms with van der Waals surface area (Å²) in [5, 5.41) is 2.93. The van der Waals surface area contributed by atoms with Gasteiger partial charge < -0.3 is 11.1 Å². The molecule has 0 saturated carbocycles. The first kappa shape index (κ1) is 13.3. The van der Waals surface area contributed by atoms with Crippen molar-refractivity contribution in [2.24, 2.45) is 0 Å². The first-order valence-electron chi connectivity index (χ1n) is 5.71. The molecule has 0 heterocycles. The molecule has 0 amide bonds. The van der Waals surface area contributed by atoms with Gasteiger partial charge in [0.05, 0.1) is 5.56 Å². The van der Waals surface area contributed by atoms with E-state index >= 15 is 0 Å². The van der Waals surface area contributed by atoms with Crippen LogP contribution in [-0.2, 0) is 12.7 Å². The normalized spacial score (nSPS) is 11.3. The third-order valence-electron chi connectivity index (χ3n) is 2.69. The van der Waals surface area contributed by atoms with Crippen LogP contribution in [0.4, 0.5) is 24.5 Å². The van der Waals surface area contributed by atoms with Crippen LogP contribution >= 0.6 is 0 Å². The highest BCUT2D eigenvalue weighted by atomic mass is 19.4. The zero-order valence-corrected chi connectivity index (χ0v) is 10.0. The predicted molar refractivity (Wildman–Crippen MR) is 69.6 cm³/mol. The van der Waals surface area contributed by atoms with E-state index in [1.165, 1.54) is 12.1 Å². The average Bonchev–Trinajstić information content (AvgIpc) is 2.36. The van der Waals surface area contributed by atoms with Crippen molar-refractivity contribution in [3.8, 4) is 0 Å². The van der Waals surface area contributed by atoms with Gasteiger partial charge in [-0.25, -0.2) is 0 Å². The number of benzene rings is 2. The SMILES string of the molecule is Nc1cccc(NCc2ccccc2C(F)(F)F)c1. The molecule has 2 aromatic rings. The lowest BCUT2D eigenvalue weighted by Crippen LogP contribution is -2.11. The number of nitrogens with two attached hydrogens (primary N) is 1. The third kappa shape index (κ3) is 3.40. The molecule has 0 spiro atoms. The maximum Gasteiger partial charge on any atom is 0.416 e. The van der Waals surface area contributed by atoms with E-state index in [9.17, 15) is 13.2 Å². The monoisotopic (exact) mass is 266 g/mol. The fraction of sp³-hybridized carbons (Fsp3) is 0.143. The first-order chi connectivity index (χ1) is 8.97. The van der Waals surface area contributed by atoms with Gasteiger partial charge in [-0.2, -0.15) is 13.2 Å². The van der Waals surface area contributed by atoms with Crippen LogP contribution in [0.2, 0.25) is 0 Å². The summed E-state index contributed by atoms with van der Waals surface area (Å²) in [6.07, 6.45) is -4.34. The summed E-state index contributed by atoms with van der Waals surface area (Å²) >= 11 is 0. The molecule has 0 aliphatic rings. The van der Waals surface area contributed by atoms with Crippen LogP contribution in [0.25, 0.3) is 0 Å². The molecule has 0 fully saturated rings. The molecule has 0 bridgehead atoms. The van der Waals surface area contributed by atoms with Gasteiger partial charge in [0.15, 0.2) is 0 Å². The smallest absolute Gasteiger partial charge is 0.399 e. The molecule has 2 aromatic carbocycles. The second-order valence-electron chi connectivity index (χ2n) is 4.13. The molecule has 0 radical (unpaired) electrons. The number of nitrogens with one attached hydrogen (secondary N) is 1. The van der Waals surface area contributed by atoms with Gasteiger partial charge in [0, 0.05) is 17.9 Å². The van der Waals surface area contributed by atoms with Gasteiger partial charge in [-0.1, -0.05) is 24.3 Å². The fourth-order valence-corrected chi connectivity index (χ4v) is 1.80. The predicted octanol–water partition coefficient (Wildman–Crippen LogP) is 3.90. The summed E-state index contributed by atoms with van der Waals surface area (Å²) in [5.41, 5.74) is 6.45. The van der Waals surface area contributed by atoms with Gasteiger partial charge >= 0.3 is 6.18 Å². The van der Waals surface area contributed by atoms with Crippen LogP contribution < -0.4 is 11.1 Å². The van der Waals surface area contributed by atoms with E-state index in [2.05, 4.69) is 5.32 Å². The highest BCUT2D eigenvalue weighted by Crippen LogP contribution is 2.32. The largest absolute Gasteiger partial charge is 0.416 e. The zero-order chi connectivity index (χ0) is 13.9. The van der Waals surface area contributed by atoms with Crippen molar-refractivity contribution in [1.29, 1.82) is 0 Å². The minimum atomic E-state index is -4.34. The Morgan fingerprint density at radius 1 is 1.00 bits per heavy atom. The van der Waals surface area contributed by atoms with Crippen molar-refractivity contribution >= 4 is 11.4 Å². The minimum absolute atomic E-state index is 0.0964. The first-order valence-corrected chi connectivity index (χ1v) is 5.71. The van der Waals surface area contributed by atoms with Crippen LogP contribution in [0.15, 0.2) is 48.5 Å². The van der Waals surface area contributed by atoms with Crippen LogP contribution in [0.1, 0.15) is 11.1 Å². The lowest BCUT2D eigenvalue weighted by Gasteiger charge is -2.14. The number of hydrogen-bond acceptors (Lipinski definition) is 2. The molecule has 0 aliphatic carbocycles. The lowest BCUT2D eigenvalue weighted by molar-refractivity contribution is -0.138. The van der Waals surface area contributed by atoms with Gasteiger partial charge in [0.2, 0.25) is 0 Å². The minimum Gasteiger partial charge on any atom is -0.399 e. The molecule has 3 N–H and O–H groups in total. The standard InChI is InChI=1S/C14H13F3N2/c15-14(16,17)13-7-2-1-4-10(13)9-19-12-6-3-5-11(18)8-12/h1-8,19H,9,18H2. The fourth-order valence-electron chi connectivity index (χ4n) is 1.80. The molecule has 100 valence electrons. The zero-order valence-electron chi connectivity index (χ0n) is 10.0. The highest BCUT2D eigenvalue weighted by Gasteiger charge is 2.32. The maximum atomic E-state index is 12.8. The van der Waals surface area contributed by atoms with E-state index in [1.54, 1.807) is 30.3 Å². The number of alkyl halides is 3. The number of anilines is 2. The lowest BCUT2D eigenvalue weighted by atomic mass is 10.1. The quantitative estimate of drug-likeness (QED) is 0.827. The van der Waals surface area contributed by atoms with Crippen LogP contribution in [0.5, 0.6) is 0 Å². The second kappa shape index (κ2) is 5.22. The Bertz CT molecular complexity index is 565. The maximum absolute atomic E-state index is 12.8. The molecule has 0 unspecified atom stereocenters. The van der Waals surface area contributed by atoms with E-state index in [0.717, 1.165) is 6.07 Å². The van der Waals surface area contributed by atoms with Crippen LogP contribution in [0.3, 0.4) is 0 Å². The van der Waals surface area contributed by atoms with Gasteiger partial charge in [-0.15, -0.1) is 0 Å². The van der Waals surface area contributed by atoms with Gasteiger partial charge in [-0.05, 0) is 29.8 Å². The molecule has 2 nitrogen and oxygen atoms in total. The molecule has 2 rings (SSSR count). The van der Waals surface area contributed by atoms with Crippen LogP contribution in [-0.4, -0.2) is 0 Å².